The lowest BCUT2D eigenvalue weighted by Crippen LogP contribution is -2.50. The third kappa shape index (κ3) is 6.41. The quantitative estimate of drug-likeness (QED) is 0.447. The molecule has 13 heteroatoms. The minimum atomic E-state index is -4.55. The Balaban J connectivity index is 1.50. The summed E-state index contributed by atoms with van der Waals surface area (Å²) in [4.78, 5) is 11.9. The Morgan fingerprint density at radius 2 is 1.73 bits per heavy atom. The number of halogens is 3. The summed E-state index contributed by atoms with van der Waals surface area (Å²) in [7, 11) is -3.94. The topological polar surface area (TPSA) is 113 Å². The molecule has 1 heterocycles. The average Bonchev–Trinajstić information content (AvgIpc) is 2.78. The van der Waals surface area contributed by atoms with Crippen LogP contribution in [0.1, 0.15) is 5.56 Å². The first kappa shape index (κ1) is 24.9. The summed E-state index contributed by atoms with van der Waals surface area (Å²) in [5, 5.41) is 21.0. The van der Waals surface area contributed by atoms with Crippen LogP contribution >= 0.6 is 0 Å². The number of β-amino-alcohol motifs (C(OH)–C–C–N with tert-alkyl or cyclic N) is 1. The van der Waals surface area contributed by atoms with E-state index in [-0.39, 0.29) is 42.6 Å². The van der Waals surface area contributed by atoms with Gasteiger partial charge in [-0.3, -0.25) is 15.0 Å². The molecule has 1 aliphatic rings. The van der Waals surface area contributed by atoms with Crippen LogP contribution in [0, 0.1) is 10.1 Å². The van der Waals surface area contributed by atoms with Crippen LogP contribution in [-0.2, 0) is 16.2 Å². The number of benzene rings is 2. The van der Waals surface area contributed by atoms with E-state index >= 15 is 0 Å². The first-order valence-corrected chi connectivity index (χ1v) is 11.4. The van der Waals surface area contributed by atoms with E-state index in [1.54, 1.807) is 0 Å². The smallest absolute Gasteiger partial charge is 0.416 e. The number of sulfonamides is 1. The van der Waals surface area contributed by atoms with Gasteiger partial charge in [-0.25, -0.2) is 8.42 Å². The molecule has 0 spiro atoms. The molecule has 0 aromatic heterocycles. The molecule has 3 rings (SSSR count). The second-order valence-electron chi connectivity index (χ2n) is 7.45. The summed E-state index contributed by atoms with van der Waals surface area (Å²) >= 11 is 0. The fourth-order valence-electron chi connectivity index (χ4n) is 3.35. The van der Waals surface area contributed by atoms with Crippen LogP contribution in [0.3, 0.4) is 0 Å². The van der Waals surface area contributed by atoms with Gasteiger partial charge in [-0.05, 0) is 30.3 Å². The summed E-state index contributed by atoms with van der Waals surface area (Å²) < 4.78 is 70.1. The molecule has 33 heavy (non-hydrogen) atoms. The van der Waals surface area contributed by atoms with Crippen LogP contribution in [-0.4, -0.2) is 73.1 Å². The number of aliphatic hydroxyl groups excluding tert-OH is 1. The molecule has 1 saturated heterocycles. The number of non-ortho nitro benzene ring substituents is 1. The third-order valence-electron chi connectivity index (χ3n) is 5.09. The van der Waals surface area contributed by atoms with E-state index < -0.39 is 32.8 Å². The van der Waals surface area contributed by atoms with Gasteiger partial charge in [-0.2, -0.15) is 17.5 Å². The monoisotopic (exact) mass is 489 g/mol. The SMILES string of the molecule is O=[N+]([O-])c1cccc(OCC(O)CN2CCN(S(=O)(=O)c3ccc(C(F)(F)F)cc3)CC2)c1. The van der Waals surface area contributed by atoms with Crippen molar-refractivity contribution in [2.24, 2.45) is 0 Å². The van der Waals surface area contributed by atoms with Crippen LogP contribution in [0.25, 0.3) is 0 Å². The second-order valence-corrected chi connectivity index (χ2v) is 9.38. The van der Waals surface area contributed by atoms with Crippen LogP contribution < -0.4 is 4.74 Å². The summed E-state index contributed by atoms with van der Waals surface area (Å²) in [5.41, 5.74) is -1.06. The van der Waals surface area contributed by atoms with Gasteiger partial charge in [-0.1, -0.05) is 6.07 Å². The molecular formula is C20H22F3N3O6S. The predicted molar refractivity (Wildman–Crippen MR) is 111 cm³/mol. The molecular weight excluding hydrogens is 467 g/mol. The normalized spacial score (nSPS) is 17.0. The number of aliphatic hydroxyl groups is 1. The van der Waals surface area contributed by atoms with Gasteiger partial charge < -0.3 is 9.84 Å². The summed E-state index contributed by atoms with van der Waals surface area (Å²) in [6.07, 6.45) is -5.46. The van der Waals surface area contributed by atoms with Gasteiger partial charge in [0.05, 0.1) is 21.4 Å². The third-order valence-corrected chi connectivity index (χ3v) is 7.00. The van der Waals surface area contributed by atoms with Crippen LogP contribution in [0.2, 0.25) is 0 Å². The Morgan fingerprint density at radius 3 is 2.30 bits per heavy atom. The fourth-order valence-corrected chi connectivity index (χ4v) is 4.77. The molecule has 0 bridgehead atoms. The molecule has 0 aliphatic carbocycles. The van der Waals surface area contributed by atoms with Crippen molar-refractivity contribution < 1.29 is 36.4 Å². The van der Waals surface area contributed by atoms with E-state index in [4.69, 9.17) is 4.74 Å². The van der Waals surface area contributed by atoms with Crippen molar-refractivity contribution >= 4 is 15.7 Å². The summed E-state index contributed by atoms with van der Waals surface area (Å²) in [5.74, 6) is 0.246. The lowest BCUT2D eigenvalue weighted by atomic mass is 10.2. The van der Waals surface area contributed by atoms with Crippen molar-refractivity contribution in [3.05, 3.63) is 64.2 Å². The maximum Gasteiger partial charge on any atom is 0.416 e. The number of nitro groups is 1. The number of nitro benzene ring substituents is 1. The molecule has 1 N–H and O–H groups in total. The highest BCUT2D eigenvalue weighted by atomic mass is 32.2. The Morgan fingerprint density at radius 1 is 1.09 bits per heavy atom. The maximum absolute atomic E-state index is 12.7. The number of rotatable bonds is 8. The van der Waals surface area contributed by atoms with Gasteiger partial charge >= 0.3 is 6.18 Å². The van der Waals surface area contributed by atoms with Gasteiger partial charge in [0, 0.05) is 38.8 Å². The van der Waals surface area contributed by atoms with E-state index in [2.05, 4.69) is 0 Å². The molecule has 0 radical (unpaired) electrons. The summed E-state index contributed by atoms with van der Waals surface area (Å²) in [6, 6.07) is 8.93. The van der Waals surface area contributed by atoms with Crippen LogP contribution in [0.15, 0.2) is 53.4 Å². The van der Waals surface area contributed by atoms with Gasteiger partial charge in [0.1, 0.15) is 18.5 Å². The van der Waals surface area contributed by atoms with E-state index in [9.17, 15) is 36.8 Å². The number of hydrogen-bond acceptors (Lipinski definition) is 7. The fraction of sp³-hybridized carbons (Fsp3) is 0.400. The number of piperazine rings is 1. The highest BCUT2D eigenvalue weighted by Gasteiger charge is 2.32. The van der Waals surface area contributed by atoms with Crippen molar-refractivity contribution in [3.63, 3.8) is 0 Å². The first-order chi connectivity index (χ1) is 15.5. The van der Waals surface area contributed by atoms with E-state index in [1.165, 1.54) is 28.6 Å². The molecule has 180 valence electrons. The van der Waals surface area contributed by atoms with Crippen LogP contribution in [0.5, 0.6) is 5.75 Å². The van der Waals surface area contributed by atoms with Gasteiger partial charge in [0.25, 0.3) is 5.69 Å². The van der Waals surface area contributed by atoms with E-state index in [0.717, 1.165) is 24.3 Å². The number of nitrogens with zero attached hydrogens (tertiary/aromatic N) is 3. The zero-order valence-electron chi connectivity index (χ0n) is 17.3. The number of ether oxygens (including phenoxy) is 1. The lowest BCUT2D eigenvalue weighted by Gasteiger charge is -2.34. The molecule has 9 nitrogen and oxygen atoms in total. The highest BCUT2D eigenvalue weighted by molar-refractivity contribution is 7.89. The maximum atomic E-state index is 12.7. The molecule has 2 aromatic carbocycles. The molecule has 2 aromatic rings. The van der Waals surface area contributed by atoms with E-state index in [1.807, 2.05) is 4.90 Å². The number of alkyl halides is 3. The van der Waals surface area contributed by atoms with Crippen LogP contribution in [0.4, 0.5) is 18.9 Å². The average molecular weight is 489 g/mol. The van der Waals surface area contributed by atoms with Gasteiger partial charge in [0.15, 0.2) is 0 Å². The first-order valence-electron chi connectivity index (χ1n) is 9.92. The highest BCUT2D eigenvalue weighted by Crippen LogP contribution is 2.30. The zero-order chi connectivity index (χ0) is 24.2. The number of hydrogen-bond donors (Lipinski definition) is 1. The van der Waals surface area contributed by atoms with Crippen molar-refractivity contribution in [1.29, 1.82) is 0 Å². The second kappa shape index (κ2) is 10.0. The van der Waals surface area contributed by atoms with Gasteiger partial charge in [-0.15, -0.1) is 0 Å². The Labute approximate surface area is 188 Å². The lowest BCUT2D eigenvalue weighted by molar-refractivity contribution is -0.384. The standard InChI is InChI=1S/C20H22F3N3O6S/c21-20(22,23)15-4-6-19(7-5-15)33(30,31)25-10-8-24(9-11-25)13-17(27)14-32-18-3-1-2-16(12-18)26(28)29/h1-7,12,17,27H,8-11,13-14H2. The Hall–Kier alpha value is -2.74. The van der Waals surface area contributed by atoms with Crippen molar-refractivity contribution in [2.45, 2.75) is 17.2 Å². The van der Waals surface area contributed by atoms with E-state index in [0.29, 0.717) is 13.1 Å². The zero-order valence-corrected chi connectivity index (χ0v) is 18.1. The molecule has 0 amide bonds. The van der Waals surface area contributed by atoms with Crippen molar-refractivity contribution in [3.8, 4) is 5.75 Å². The molecule has 1 unspecified atom stereocenters. The van der Waals surface area contributed by atoms with Crippen molar-refractivity contribution in [2.75, 3.05) is 39.3 Å². The largest absolute Gasteiger partial charge is 0.491 e. The molecule has 1 aliphatic heterocycles. The molecule has 1 atom stereocenters. The molecule has 0 saturated carbocycles. The van der Waals surface area contributed by atoms with Crippen molar-refractivity contribution in [1.82, 2.24) is 9.21 Å². The Kier molecular flexibility index (Phi) is 7.57. The minimum Gasteiger partial charge on any atom is -0.491 e. The predicted octanol–water partition coefficient (Wildman–Crippen LogP) is 2.36. The summed E-state index contributed by atoms with van der Waals surface area (Å²) in [6.45, 7) is 0.944. The Bertz CT molecular complexity index is 1070. The van der Waals surface area contributed by atoms with Gasteiger partial charge in [0.2, 0.25) is 10.0 Å². The minimum absolute atomic E-state index is 0.106. The molecule has 1 fully saturated rings.